The standard InChI is InChI=1S/C20H23FN2O3S/c1-12-6-8-14(27-5)11-15(12)18(24)22-17-10-13(21)7-9-16(17)23-19(25)26-20(2,3)4/h6-11H,1-5H3,(H,22,24)(H,23,25). The van der Waals surface area contributed by atoms with Gasteiger partial charge in [-0.15, -0.1) is 11.8 Å². The molecule has 0 bridgehead atoms. The van der Waals surface area contributed by atoms with E-state index in [0.717, 1.165) is 16.5 Å². The third-order valence-corrected chi connectivity index (χ3v) is 4.28. The van der Waals surface area contributed by atoms with Crippen LogP contribution in [0.25, 0.3) is 0 Å². The average molecular weight is 390 g/mol. The van der Waals surface area contributed by atoms with Gasteiger partial charge in [0.1, 0.15) is 11.4 Å². The molecule has 0 saturated carbocycles. The first-order valence-corrected chi connectivity index (χ1v) is 9.57. The zero-order valence-corrected chi connectivity index (χ0v) is 16.8. The summed E-state index contributed by atoms with van der Waals surface area (Å²) < 4.78 is 18.9. The first kappa shape index (κ1) is 20.8. The number of carbonyl (C=O) groups is 2. The van der Waals surface area contributed by atoms with E-state index in [2.05, 4.69) is 10.6 Å². The Morgan fingerprint density at radius 3 is 2.37 bits per heavy atom. The van der Waals surface area contributed by atoms with Crippen LogP contribution in [0.5, 0.6) is 0 Å². The van der Waals surface area contributed by atoms with Gasteiger partial charge in [-0.25, -0.2) is 9.18 Å². The summed E-state index contributed by atoms with van der Waals surface area (Å²) in [4.78, 5) is 25.7. The number of hydrogen-bond acceptors (Lipinski definition) is 4. The summed E-state index contributed by atoms with van der Waals surface area (Å²) in [6.07, 6.45) is 1.23. The van der Waals surface area contributed by atoms with Gasteiger partial charge in [-0.05, 0) is 69.8 Å². The molecule has 0 aliphatic rings. The molecule has 2 aromatic carbocycles. The molecule has 0 saturated heterocycles. The first-order chi connectivity index (χ1) is 12.6. The topological polar surface area (TPSA) is 67.4 Å². The molecule has 0 aliphatic carbocycles. The molecule has 0 unspecified atom stereocenters. The van der Waals surface area contributed by atoms with E-state index < -0.39 is 17.5 Å². The normalized spacial score (nSPS) is 11.0. The lowest BCUT2D eigenvalue weighted by Crippen LogP contribution is -2.27. The number of rotatable bonds is 4. The largest absolute Gasteiger partial charge is 0.444 e. The van der Waals surface area contributed by atoms with Crippen molar-refractivity contribution in [3.8, 4) is 0 Å². The number of aryl methyl sites for hydroxylation is 1. The summed E-state index contributed by atoms with van der Waals surface area (Å²) in [7, 11) is 0. The van der Waals surface area contributed by atoms with Crippen molar-refractivity contribution in [2.24, 2.45) is 0 Å². The third-order valence-electron chi connectivity index (χ3n) is 3.55. The van der Waals surface area contributed by atoms with Gasteiger partial charge >= 0.3 is 6.09 Å². The van der Waals surface area contributed by atoms with Crippen LogP contribution in [0.4, 0.5) is 20.6 Å². The van der Waals surface area contributed by atoms with E-state index in [-0.39, 0.29) is 17.3 Å². The number of ether oxygens (including phenoxy) is 1. The molecule has 7 heteroatoms. The molecule has 0 fully saturated rings. The molecule has 5 nitrogen and oxygen atoms in total. The Hall–Kier alpha value is -2.54. The average Bonchev–Trinajstić information content (AvgIpc) is 2.56. The van der Waals surface area contributed by atoms with E-state index >= 15 is 0 Å². The lowest BCUT2D eigenvalue weighted by atomic mass is 10.1. The predicted molar refractivity (Wildman–Crippen MR) is 107 cm³/mol. The van der Waals surface area contributed by atoms with Crippen molar-refractivity contribution < 1.29 is 18.7 Å². The molecule has 0 aliphatic heterocycles. The minimum absolute atomic E-state index is 0.153. The Morgan fingerprint density at radius 1 is 1.04 bits per heavy atom. The van der Waals surface area contributed by atoms with Crippen LogP contribution in [-0.4, -0.2) is 23.9 Å². The summed E-state index contributed by atoms with van der Waals surface area (Å²) in [6, 6.07) is 9.27. The highest BCUT2D eigenvalue weighted by Gasteiger charge is 2.19. The predicted octanol–water partition coefficient (Wildman–Crippen LogP) is 5.46. The molecule has 0 aromatic heterocycles. The molecule has 144 valence electrons. The van der Waals surface area contributed by atoms with Crippen molar-refractivity contribution in [3.63, 3.8) is 0 Å². The van der Waals surface area contributed by atoms with Gasteiger partial charge in [-0.1, -0.05) is 6.07 Å². The number of halogens is 1. The second-order valence-corrected chi connectivity index (χ2v) is 7.83. The van der Waals surface area contributed by atoms with E-state index in [4.69, 9.17) is 4.74 Å². The van der Waals surface area contributed by atoms with Crippen LogP contribution in [0.3, 0.4) is 0 Å². The smallest absolute Gasteiger partial charge is 0.412 e. The van der Waals surface area contributed by atoms with Crippen molar-refractivity contribution in [3.05, 3.63) is 53.3 Å². The number of benzene rings is 2. The lowest BCUT2D eigenvalue weighted by molar-refractivity contribution is 0.0635. The maximum Gasteiger partial charge on any atom is 0.412 e. The van der Waals surface area contributed by atoms with Gasteiger partial charge in [-0.2, -0.15) is 0 Å². The Balaban J connectivity index is 2.26. The number of nitrogens with one attached hydrogen (secondary N) is 2. The zero-order valence-electron chi connectivity index (χ0n) is 16.0. The quantitative estimate of drug-likeness (QED) is 0.681. The lowest BCUT2D eigenvalue weighted by Gasteiger charge is -2.20. The summed E-state index contributed by atoms with van der Waals surface area (Å²) in [6.45, 7) is 7.04. The molecule has 0 heterocycles. The third kappa shape index (κ3) is 5.99. The minimum Gasteiger partial charge on any atom is -0.444 e. The number of hydrogen-bond donors (Lipinski definition) is 2. The van der Waals surface area contributed by atoms with Crippen molar-refractivity contribution in [1.82, 2.24) is 0 Å². The molecular formula is C20H23FN2O3S. The Labute approximate surface area is 162 Å². The fraction of sp³-hybridized carbons (Fsp3) is 0.300. The zero-order chi connectivity index (χ0) is 20.2. The first-order valence-electron chi connectivity index (χ1n) is 8.34. The monoisotopic (exact) mass is 390 g/mol. The Morgan fingerprint density at radius 2 is 1.74 bits per heavy atom. The van der Waals surface area contributed by atoms with E-state index in [1.807, 2.05) is 25.3 Å². The molecular weight excluding hydrogens is 367 g/mol. The highest BCUT2D eigenvalue weighted by atomic mass is 32.2. The summed E-state index contributed by atoms with van der Waals surface area (Å²) in [5.41, 5.74) is 0.998. The molecule has 0 spiro atoms. The highest BCUT2D eigenvalue weighted by molar-refractivity contribution is 7.98. The van der Waals surface area contributed by atoms with Gasteiger partial charge < -0.3 is 10.1 Å². The van der Waals surface area contributed by atoms with Crippen molar-refractivity contribution in [2.75, 3.05) is 16.9 Å². The Kier molecular flexibility index (Phi) is 6.49. The van der Waals surface area contributed by atoms with Crippen LogP contribution in [-0.2, 0) is 4.74 Å². The molecule has 2 amide bonds. The van der Waals surface area contributed by atoms with E-state index in [1.54, 1.807) is 26.8 Å². The Bertz CT molecular complexity index is 863. The van der Waals surface area contributed by atoms with Crippen molar-refractivity contribution >= 4 is 35.1 Å². The summed E-state index contributed by atoms with van der Waals surface area (Å²) in [5, 5.41) is 5.21. The van der Waals surface area contributed by atoms with Gasteiger partial charge in [0.15, 0.2) is 0 Å². The van der Waals surface area contributed by atoms with Gasteiger partial charge in [-0.3, -0.25) is 10.1 Å². The number of carbonyl (C=O) groups excluding carboxylic acids is 2. The van der Waals surface area contributed by atoms with Crippen molar-refractivity contribution in [2.45, 2.75) is 38.2 Å². The number of amides is 2. The fourth-order valence-corrected chi connectivity index (χ4v) is 2.74. The van der Waals surface area contributed by atoms with Crippen LogP contribution < -0.4 is 10.6 Å². The number of anilines is 2. The fourth-order valence-electron chi connectivity index (χ4n) is 2.30. The van der Waals surface area contributed by atoms with Crippen molar-refractivity contribution in [1.29, 1.82) is 0 Å². The minimum atomic E-state index is -0.690. The SMILES string of the molecule is CSc1ccc(C)c(C(=O)Nc2cc(F)ccc2NC(=O)OC(C)(C)C)c1. The van der Waals surface area contributed by atoms with E-state index in [1.165, 1.54) is 23.9 Å². The van der Waals surface area contributed by atoms with Crippen LogP contribution in [0.1, 0.15) is 36.7 Å². The van der Waals surface area contributed by atoms with Crippen LogP contribution in [0.15, 0.2) is 41.3 Å². The van der Waals surface area contributed by atoms with E-state index in [9.17, 15) is 14.0 Å². The van der Waals surface area contributed by atoms with Gasteiger partial charge in [0.25, 0.3) is 5.91 Å². The second kappa shape index (κ2) is 8.43. The maximum atomic E-state index is 13.7. The highest BCUT2D eigenvalue weighted by Crippen LogP contribution is 2.26. The van der Waals surface area contributed by atoms with Crippen LogP contribution in [0.2, 0.25) is 0 Å². The number of thioether (sulfide) groups is 1. The maximum absolute atomic E-state index is 13.7. The van der Waals surface area contributed by atoms with Gasteiger partial charge in [0, 0.05) is 10.5 Å². The molecule has 0 radical (unpaired) electrons. The molecule has 0 atom stereocenters. The molecule has 2 N–H and O–H groups in total. The summed E-state index contributed by atoms with van der Waals surface area (Å²) in [5.74, 6) is -0.920. The van der Waals surface area contributed by atoms with E-state index in [0.29, 0.717) is 5.56 Å². The molecule has 27 heavy (non-hydrogen) atoms. The van der Waals surface area contributed by atoms with Gasteiger partial charge in [0.05, 0.1) is 11.4 Å². The van der Waals surface area contributed by atoms with Crippen LogP contribution >= 0.6 is 11.8 Å². The summed E-state index contributed by atoms with van der Waals surface area (Å²) >= 11 is 1.52. The molecule has 2 aromatic rings. The van der Waals surface area contributed by atoms with Gasteiger partial charge in [0.2, 0.25) is 0 Å². The second-order valence-electron chi connectivity index (χ2n) is 6.95. The molecule has 2 rings (SSSR count). The van der Waals surface area contributed by atoms with Crippen LogP contribution in [0, 0.1) is 12.7 Å².